The minimum Gasteiger partial charge on any atom is -0.489 e. The van der Waals surface area contributed by atoms with E-state index in [9.17, 15) is 4.79 Å². The molecule has 0 aliphatic heterocycles. The number of hydrogen-bond acceptors (Lipinski definition) is 5. The number of hydrogen-bond donors (Lipinski definition) is 1. The molecule has 0 saturated heterocycles. The second-order valence-corrected chi connectivity index (χ2v) is 4.77. The molecule has 0 fully saturated rings. The van der Waals surface area contributed by atoms with Crippen LogP contribution in [0, 0.1) is 0 Å². The van der Waals surface area contributed by atoms with Crippen LogP contribution in [0.15, 0.2) is 10.3 Å². The summed E-state index contributed by atoms with van der Waals surface area (Å²) < 4.78 is 11.1. The highest BCUT2D eigenvalue weighted by Crippen LogP contribution is 2.34. The first-order valence-corrected chi connectivity index (χ1v) is 6.26. The summed E-state index contributed by atoms with van der Waals surface area (Å²) in [6.45, 7) is 0.810. The first-order chi connectivity index (χ1) is 7.19. The lowest BCUT2D eigenvalue weighted by atomic mass is 10.4. The van der Waals surface area contributed by atoms with E-state index in [0.717, 1.165) is 4.21 Å². The van der Waals surface area contributed by atoms with Gasteiger partial charge in [-0.05, 0) is 6.26 Å². The van der Waals surface area contributed by atoms with Gasteiger partial charge in [0.05, 0.1) is 10.8 Å². The van der Waals surface area contributed by atoms with Crippen LogP contribution in [0.1, 0.15) is 9.67 Å². The molecule has 0 atom stereocenters. The van der Waals surface area contributed by atoms with Gasteiger partial charge in [-0.25, -0.2) is 4.79 Å². The van der Waals surface area contributed by atoms with E-state index < -0.39 is 5.97 Å². The fraction of sp³-hybridized carbons (Fsp3) is 0.444. The predicted molar refractivity (Wildman–Crippen MR) is 60.4 cm³/mol. The third-order valence-electron chi connectivity index (χ3n) is 1.62. The first kappa shape index (κ1) is 12.4. The van der Waals surface area contributed by atoms with Gasteiger partial charge >= 0.3 is 5.97 Å². The first-order valence-electron chi connectivity index (χ1n) is 4.22. The highest BCUT2D eigenvalue weighted by molar-refractivity contribution is 8.00. The number of ether oxygens (including phenoxy) is 2. The fourth-order valence-corrected chi connectivity index (χ4v) is 2.43. The molecule has 0 saturated carbocycles. The highest BCUT2D eigenvalue weighted by Gasteiger charge is 2.16. The van der Waals surface area contributed by atoms with Crippen molar-refractivity contribution < 1.29 is 19.4 Å². The number of carboxylic acid groups (broad SMARTS) is 1. The highest BCUT2D eigenvalue weighted by atomic mass is 32.2. The minimum atomic E-state index is -0.951. The molecule has 0 bridgehead atoms. The molecule has 0 unspecified atom stereocenters. The Bertz CT molecular complexity index is 335. The van der Waals surface area contributed by atoms with Crippen LogP contribution in [0.2, 0.25) is 0 Å². The molecule has 15 heavy (non-hydrogen) atoms. The summed E-state index contributed by atoms with van der Waals surface area (Å²) >= 11 is 2.73. The molecule has 1 N–H and O–H groups in total. The van der Waals surface area contributed by atoms with E-state index in [-0.39, 0.29) is 4.88 Å². The SMILES string of the molecule is COCCOc1cc(SC)sc1C(=O)O. The number of carbonyl (C=O) groups is 1. The maximum absolute atomic E-state index is 10.9. The van der Waals surface area contributed by atoms with Crippen LogP contribution in [0.4, 0.5) is 0 Å². The molecule has 0 amide bonds. The normalized spacial score (nSPS) is 10.3. The third kappa shape index (κ3) is 3.40. The van der Waals surface area contributed by atoms with Crippen molar-refractivity contribution in [2.45, 2.75) is 4.21 Å². The van der Waals surface area contributed by atoms with Crippen LogP contribution in [0.25, 0.3) is 0 Å². The van der Waals surface area contributed by atoms with E-state index in [2.05, 4.69) is 0 Å². The van der Waals surface area contributed by atoms with E-state index in [1.807, 2.05) is 6.26 Å². The zero-order valence-corrected chi connectivity index (χ0v) is 10.1. The van der Waals surface area contributed by atoms with Crippen molar-refractivity contribution in [3.05, 3.63) is 10.9 Å². The minimum absolute atomic E-state index is 0.246. The molecular weight excluding hydrogens is 236 g/mol. The van der Waals surface area contributed by atoms with Gasteiger partial charge in [-0.1, -0.05) is 0 Å². The van der Waals surface area contributed by atoms with E-state index in [0.29, 0.717) is 19.0 Å². The van der Waals surface area contributed by atoms with Gasteiger partial charge in [0.25, 0.3) is 0 Å². The fourth-order valence-electron chi connectivity index (χ4n) is 0.945. The van der Waals surface area contributed by atoms with E-state index in [4.69, 9.17) is 14.6 Å². The predicted octanol–water partition coefficient (Wildman–Crippen LogP) is 2.19. The van der Waals surface area contributed by atoms with Crippen LogP contribution < -0.4 is 4.74 Å². The van der Waals surface area contributed by atoms with Gasteiger partial charge in [-0.3, -0.25) is 0 Å². The molecule has 1 rings (SSSR count). The second kappa shape index (κ2) is 5.99. The van der Waals surface area contributed by atoms with Crippen LogP contribution in [-0.4, -0.2) is 37.7 Å². The largest absolute Gasteiger partial charge is 0.489 e. The van der Waals surface area contributed by atoms with Crippen LogP contribution >= 0.6 is 23.1 Å². The van der Waals surface area contributed by atoms with E-state index in [1.165, 1.54) is 23.1 Å². The van der Waals surface area contributed by atoms with Gasteiger partial charge < -0.3 is 14.6 Å². The van der Waals surface area contributed by atoms with Gasteiger partial charge in [0.15, 0.2) is 4.88 Å². The molecule has 0 spiro atoms. The number of thiophene rings is 1. The summed E-state index contributed by atoms with van der Waals surface area (Å²) in [7, 11) is 1.57. The molecule has 1 heterocycles. The smallest absolute Gasteiger partial charge is 0.349 e. The van der Waals surface area contributed by atoms with Crippen molar-refractivity contribution >= 4 is 29.1 Å². The molecule has 1 aromatic rings. The second-order valence-electron chi connectivity index (χ2n) is 2.61. The summed E-state index contributed by atoms with van der Waals surface area (Å²) in [6.07, 6.45) is 1.90. The van der Waals surface area contributed by atoms with E-state index in [1.54, 1.807) is 13.2 Å². The monoisotopic (exact) mass is 248 g/mol. The van der Waals surface area contributed by atoms with Gasteiger partial charge in [-0.15, -0.1) is 23.1 Å². The summed E-state index contributed by atoms with van der Waals surface area (Å²) in [5.41, 5.74) is 0. The number of thioether (sulfide) groups is 1. The Morgan fingerprint density at radius 2 is 2.33 bits per heavy atom. The zero-order chi connectivity index (χ0) is 11.3. The molecule has 0 aliphatic rings. The Balaban J connectivity index is 2.75. The van der Waals surface area contributed by atoms with Crippen molar-refractivity contribution in [3.63, 3.8) is 0 Å². The van der Waals surface area contributed by atoms with Crippen LogP contribution in [0.3, 0.4) is 0 Å². The lowest BCUT2D eigenvalue weighted by molar-refractivity contribution is 0.0695. The number of aromatic carboxylic acids is 1. The Kier molecular flexibility index (Phi) is 4.93. The summed E-state index contributed by atoms with van der Waals surface area (Å²) in [5.74, 6) is -0.526. The molecule has 0 aliphatic carbocycles. The average molecular weight is 248 g/mol. The summed E-state index contributed by atoms with van der Waals surface area (Å²) in [5, 5.41) is 8.92. The van der Waals surface area contributed by atoms with Crippen molar-refractivity contribution in [3.8, 4) is 5.75 Å². The van der Waals surface area contributed by atoms with Gasteiger partial charge in [-0.2, -0.15) is 0 Å². The Labute approximate surface area is 96.2 Å². The Hall–Kier alpha value is -0.720. The Morgan fingerprint density at radius 1 is 1.60 bits per heavy atom. The van der Waals surface area contributed by atoms with Crippen molar-refractivity contribution in [1.29, 1.82) is 0 Å². The molecule has 4 nitrogen and oxygen atoms in total. The van der Waals surface area contributed by atoms with Gasteiger partial charge in [0.1, 0.15) is 12.4 Å². The van der Waals surface area contributed by atoms with Crippen molar-refractivity contribution in [2.24, 2.45) is 0 Å². The third-order valence-corrected chi connectivity index (χ3v) is 3.79. The summed E-state index contributed by atoms with van der Waals surface area (Å²) in [6, 6.07) is 1.74. The molecule has 0 aromatic carbocycles. The van der Waals surface area contributed by atoms with Gasteiger partial charge in [0, 0.05) is 13.2 Å². The molecule has 6 heteroatoms. The van der Waals surface area contributed by atoms with Crippen LogP contribution in [0.5, 0.6) is 5.75 Å². The number of rotatable bonds is 6. The van der Waals surface area contributed by atoms with Crippen LogP contribution in [-0.2, 0) is 4.74 Å². The number of methoxy groups -OCH3 is 1. The van der Waals surface area contributed by atoms with Crippen molar-refractivity contribution in [1.82, 2.24) is 0 Å². The standard InChI is InChI=1S/C9H12O4S2/c1-12-3-4-13-6-5-7(14-2)15-8(6)9(10)11/h5H,3-4H2,1-2H3,(H,10,11). The van der Waals surface area contributed by atoms with E-state index >= 15 is 0 Å². The zero-order valence-electron chi connectivity index (χ0n) is 8.48. The molecule has 1 aromatic heterocycles. The molecular formula is C9H12O4S2. The Morgan fingerprint density at radius 3 is 2.87 bits per heavy atom. The lowest BCUT2D eigenvalue weighted by Crippen LogP contribution is -2.06. The summed E-state index contributed by atoms with van der Waals surface area (Å²) in [4.78, 5) is 11.1. The van der Waals surface area contributed by atoms with Gasteiger partial charge in [0.2, 0.25) is 0 Å². The van der Waals surface area contributed by atoms with Crippen molar-refractivity contribution in [2.75, 3.05) is 26.6 Å². The maximum atomic E-state index is 10.9. The average Bonchev–Trinajstić information content (AvgIpc) is 2.62. The maximum Gasteiger partial charge on any atom is 0.349 e. The molecule has 0 radical (unpaired) electrons. The quantitative estimate of drug-likeness (QED) is 0.618. The lowest BCUT2D eigenvalue weighted by Gasteiger charge is -2.03. The molecule has 84 valence electrons. The topological polar surface area (TPSA) is 55.8 Å². The number of carboxylic acids is 1.